The molecule has 90 valence electrons. The molecule has 6 nitrogen and oxygen atoms in total. The zero-order valence-electron chi connectivity index (χ0n) is 9.10. The van der Waals surface area contributed by atoms with Crippen LogP contribution in [0.5, 0.6) is 0 Å². The van der Waals surface area contributed by atoms with E-state index < -0.39 is 0 Å². The molecule has 0 saturated carbocycles. The lowest BCUT2D eigenvalue weighted by molar-refractivity contribution is 0.238. The maximum atomic E-state index is 9.15. The molecule has 0 radical (unpaired) electrons. The van der Waals surface area contributed by atoms with Crippen molar-refractivity contribution in [3.63, 3.8) is 0 Å². The van der Waals surface area contributed by atoms with E-state index in [1.54, 1.807) is 6.33 Å². The number of aliphatic hydroxyl groups is 1. The number of hydrogen-bond acceptors (Lipinski definition) is 5. The van der Waals surface area contributed by atoms with Crippen molar-refractivity contribution in [2.45, 2.75) is 6.42 Å². The molecule has 0 spiro atoms. The van der Waals surface area contributed by atoms with E-state index in [2.05, 4.69) is 24.8 Å². The lowest BCUT2D eigenvalue weighted by Crippen LogP contribution is -2.22. The van der Waals surface area contributed by atoms with Gasteiger partial charge in [0.2, 0.25) is 5.28 Å². The largest absolute Gasteiger partial charge is 0.396 e. The molecule has 1 atom stereocenters. The first kappa shape index (κ1) is 10.7. The molecule has 1 fully saturated rings. The molecule has 1 aliphatic heterocycles. The summed E-state index contributed by atoms with van der Waals surface area (Å²) < 4.78 is 0. The highest BCUT2D eigenvalue weighted by atomic mass is 35.5. The smallest absolute Gasteiger partial charge is 0.226 e. The number of aromatic nitrogens is 4. The number of aromatic amines is 1. The third-order valence-electron chi connectivity index (χ3n) is 3.08. The summed E-state index contributed by atoms with van der Waals surface area (Å²) in [7, 11) is 0. The Morgan fingerprint density at radius 2 is 2.41 bits per heavy atom. The van der Waals surface area contributed by atoms with Crippen LogP contribution in [0.15, 0.2) is 6.33 Å². The normalized spacial score (nSPS) is 20.4. The lowest BCUT2D eigenvalue weighted by atomic mass is 10.1. The predicted molar refractivity (Wildman–Crippen MR) is 64.1 cm³/mol. The van der Waals surface area contributed by atoms with Gasteiger partial charge in [-0.3, -0.25) is 0 Å². The van der Waals surface area contributed by atoms with Crippen LogP contribution in [-0.2, 0) is 0 Å². The van der Waals surface area contributed by atoms with Crippen LogP contribution < -0.4 is 4.90 Å². The summed E-state index contributed by atoms with van der Waals surface area (Å²) in [6, 6.07) is 0. The van der Waals surface area contributed by atoms with Gasteiger partial charge in [0.05, 0.1) is 6.33 Å². The van der Waals surface area contributed by atoms with E-state index in [-0.39, 0.29) is 11.9 Å². The van der Waals surface area contributed by atoms with Gasteiger partial charge in [-0.25, -0.2) is 4.98 Å². The number of rotatable bonds is 2. The SMILES string of the molecule is OCC1CCN(c2nc(Cl)nc3nc[nH]c23)C1. The summed E-state index contributed by atoms with van der Waals surface area (Å²) >= 11 is 5.88. The van der Waals surface area contributed by atoms with Crippen LogP contribution in [0.3, 0.4) is 0 Å². The molecule has 17 heavy (non-hydrogen) atoms. The summed E-state index contributed by atoms with van der Waals surface area (Å²) in [6.45, 7) is 1.87. The Labute approximate surface area is 103 Å². The second kappa shape index (κ2) is 4.12. The summed E-state index contributed by atoms with van der Waals surface area (Å²) in [4.78, 5) is 17.5. The van der Waals surface area contributed by atoms with Gasteiger partial charge in [-0.15, -0.1) is 0 Å². The third-order valence-corrected chi connectivity index (χ3v) is 3.25. The fraction of sp³-hybridized carbons (Fsp3) is 0.500. The Morgan fingerprint density at radius 3 is 3.18 bits per heavy atom. The Morgan fingerprint density at radius 1 is 1.53 bits per heavy atom. The van der Waals surface area contributed by atoms with Gasteiger partial charge in [0.1, 0.15) is 5.52 Å². The number of aliphatic hydroxyl groups excluding tert-OH is 1. The van der Waals surface area contributed by atoms with Crippen LogP contribution in [0.4, 0.5) is 5.82 Å². The average Bonchev–Trinajstić information content (AvgIpc) is 2.95. The van der Waals surface area contributed by atoms with Crippen molar-refractivity contribution in [2.24, 2.45) is 5.92 Å². The van der Waals surface area contributed by atoms with Gasteiger partial charge in [-0.05, 0) is 18.0 Å². The highest BCUT2D eigenvalue weighted by Crippen LogP contribution is 2.27. The minimum atomic E-state index is 0.201. The van der Waals surface area contributed by atoms with Gasteiger partial charge in [-0.2, -0.15) is 9.97 Å². The molecule has 2 N–H and O–H groups in total. The Hall–Kier alpha value is -1.40. The Balaban J connectivity index is 2.02. The number of imidazole rings is 1. The number of anilines is 1. The van der Waals surface area contributed by atoms with Gasteiger partial charge in [0.15, 0.2) is 11.5 Å². The topological polar surface area (TPSA) is 77.9 Å². The molecule has 1 unspecified atom stereocenters. The first-order valence-electron chi connectivity index (χ1n) is 5.50. The van der Waals surface area contributed by atoms with Crippen molar-refractivity contribution in [1.82, 2.24) is 19.9 Å². The first-order chi connectivity index (χ1) is 8.28. The van der Waals surface area contributed by atoms with Crippen molar-refractivity contribution in [1.29, 1.82) is 0 Å². The summed E-state index contributed by atoms with van der Waals surface area (Å²) in [6.07, 6.45) is 2.55. The summed E-state index contributed by atoms with van der Waals surface area (Å²) in [5, 5.41) is 9.35. The first-order valence-corrected chi connectivity index (χ1v) is 5.88. The van der Waals surface area contributed by atoms with Crippen LogP contribution in [0, 0.1) is 5.92 Å². The molecule has 1 saturated heterocycles. The molecule has 0 aromatic carbocycles. The summed E-state index contributed by atoms with van der Waals surface area (Å²) in [5.74, 6) is 1.08. The molecule has 3 heterocycles. The number of H-pyrrole nitrogens is 1. The second-order valence-electron chi connectivity index (χ2n) is 4.20. The molecule has 0 amide bonds. The van der Waals surface area contributed by atoms with Gasteiger partial charge < -0.3 is 15.0 Å². The zero-order valence-corrected chi connectivity index (χ0v) is 9.85. The molecule has 0 aliphatic carbocycles. The van der Waals surface area contributed by atoms with Gasteiger partial charge >= 0.3 is 0 Å². The second-order valence-corrected chi connectivity index (χ2v) is 4.54. The number of nitrogens with one attached hydrogen (secondary N) is 1. The van der Waals surface area contributed by atoms with Crippen molar-refractivity contribution in [3.05, 3.63) is 11.6 Å². The lowest BCUT2D eigenvalue weighted by Gasteiger charge is -2.17. The van der Waals surface area contributed by atoms with E-state index in [9.17, 15) is 0 Å². The Kier molecular flexibility index (Phi) is 2.60. The van der Waals surface area contributed by atoms with E-state index in [0.717, 1.165) is 30.8 Å². The van der Waals surface area contributed by atoms with E-state index in [1.807, 2.05) is 0 Å². The average molecular weight is 254 g/mol. The molecule has 2 aromatic rings. The van der Waals surface area contributed by atoms with E-state index in [4.69, 9.17) is 16.7 Å². The number of nitrogens with zero attached hydrogens (tertiary/aromatic N) is 4. The monoisotopic (exact) mass is 253 g/mol. The molecular formula is C10H12ClN5O. The van der Waals surface area contributed by atoms with Crippen molar-refractivity contribution in [3.8, 4) is 0 Å². The quantitative estimate of drug-likeness (QED) is 0.775. The minimum absolute atomic E-state index is 0.201. The summed E-state index contributed by atoms with van der Waals surface area (Å²) in [5.41, 5.74) is 1.38. The van der Waals surface area contributed by atoms with Crippen molar-refractivity contribution < 1.29 is 5.11 Å². The molecule has 2 aromatic heterocycles. The van der Waals surface area contributed by atoms with Gasteiger partial charge in [-0.1, -0.05) is 0 Å². The molecule has 3 rings (SSSR count). The van der Waals surface area contributed by atoms with Crippen LogP contribution in [0.2, 0.25) is 5.28 Å². The van der Waals surface area contributed by atoms with Crippen LogP contribution >= 0.6 is 11.6 Å². The maximum Gasteiger partial charge on any atom is 0.226 e. The van der Waals surface area contributed by atoms with Crippen molar-refractivity contribution >= 4 is 28.6 Å². The highest BCUT2D eigenvalue weighted by Gasteiger charge is 2.25. The fourth-order valence-electron chi connectivity index (χ4n) is 2.19. The van der Waals surface area contributed by atoms with E-state index in [1.165, 1.54) is 0 Å². The molecule has 7 heteroatoms. The number of hydrogen-bond donors (Lipinski definition) is 2. The highest BCUT2D eigenvalue weighted by molar-refractivity contribution is 6.28. The van der Waals surface area contributed by atoms with Gasteiger partial charge in [0.25, 0.3) is 0 Å². The third kappa shape index (κ3) is 1.83. The molecule has 0 bridgehead atoms. The van der Waals surface area contributed by atoms with Gasteiger partial charge in [0, 0.05) is 25.6 Å². The molecule has 1 aliphatic rings. The molecular weight excluding hydrogens is 242 g/mol. The standard InChI is InChI=1S/C10H12ClN5O/c11-10-14-8-7(12-5-13-8)9(15-10)16-2-1-6(3-16)4-17/h5-6,17H,1-4H2,(H,12,13,14,15). The van der Waals surface area contributed by atoms with Crippen LogP contribution in [0.25, 0.3) is 11.2 Å². The minimum Gasteiger partial charge on any atom is -0.396 e. The Bertz CT molecular complexity index is 542. The van der Waals surface area contributed by atoms with Crippen LogP contribution in [-0.4, -0.2) is 44.7 Å². The number of halogens is 1. The number of fused-ring (bicyclic) bond motifs is 1. The van der Waals surface area contributed by atoms with E-state index in [0.29, 0.717) is 11.6 Å². The maximum absolute atomic E-state index is 9.15. The predicted octanol–water partition coefficient (Wildman–Crippen LogP) is 0.825. The van der Waals surface area contributed by atoms with Crippen molar-refractivity contribution in [2.75, 3.05) is 24.6 Å². The van der Waals surface area contributed by atoms with E-state index >= 15 is 0 Å². The zero-order chi connectivity index (χ0) is 11.8. The van der Waals surface area contributed by atoms with Crippen LogP contribution in [0.1, 0.15) is 6.42 Å². The fourth-order valence-corrected chi connectivity index (χ4v) is 2.36.